The summed E-state index contributed by atoms with van der Waals surface area (Å²) < 4.78 is 8.14. The summed E-state index contributed by atoms with van der Waals surface area (Å²) in [6.45, 7) is 5.81. The Morgan fingerprint density at radius 1 is 1.33 bits per heavy atom. The average Bonchev–Trinajstić information content (AvgIpc) is 3.07. The molecule has 0 spiro atoms. The van der Waals surface area contributed by atoms with E-state index in [1.807, 2.05) is 31.5 Å². The Bertz CT molecular complexity index is 902. The van der Waals surface area contributed by atoms with Gasteiger partial charge in [0.05, 0.1) is 36.7 Å². The number of aromatic nitrogens is 4. The van der Waals surface area contributed by atoms with E-state index in [1.165, 1.54) is 13.3 Å². The number of rotatable bonds is 4. The number of methoxy groups -OCH3 is 1. The van der Waals surface area contributed by atoms with Crippen molar-refractivity contribution in [2.75, 3.05) is 7.11 Å². The molecule has 3 aromatic heterocycles. The van der Waals surface area contributed by atoms with Crippen LogP contribution in [-0.2, 0) is 11.3 Å². The summed E-state index contributed by atoms with van der Waals surface area (Å²) in [5.74, 6) is -0.410. The van der Waals surface area contributed by atoms with E-state index in [0.717, 1.165) is 16.8 Å². The van der Waals surface area contributed by atoms with Crippen LogP contribution in [0.3, 0.4) is 0 Å². The molecule has 7 nitrogen and oxygen atoms in total. The highest BCUT2D eigenvalue weighted by molar-refractivity contribution is 5.96. The highest BCUT2D eigenvalue weighted by Crippen LogP contribution is 2.24. The summed E-state index contributed by atoms with van der Waals surface area (Å²) in [4.78, 5) is 11.7. The van der Waals surface area contributed by atoms with Gasteiger partial charge in [-0.3, -0.25) is 4.68 Å². The maximum atomic E-state index is 11.7. The fraction of sp³-hybridized carbons (Fsp3) is 0.353. The van der Waals surface area contributed by atoms with E-state index in [9.17, 15) is 9.90 Å². The standard InChI is InChI=1S/C17H20N4O3/c1-11-14(9-20(19-11)10-17(2,3)23)12-5-6-15-13(16(22)24-4)7-18-21(15)8-12/h5-9,23H,10H2,1-4H3. The lowest BCUT2D eigenvalue weighted by atomic mass is 10.1. The second-order valence-electron chi connectivity index (χ2n) is 6.44. The molecule has 0 fully saturated rings. The van der Waals surface area contributed by atoms with Gasteiger partial charge in [-0.1, -0.05) is 6.07 Å². The first-order valence-corrected chi connectivity index (χ1v) is 7.61. The SMILES string of the molecule is COC(=O)c1cnn2cc(-c3cn(CC(C)(C)O)nc3C)ccc12. The van der Waals surface area contributed by atoms with Crippen molar-refractivity contribution < 1.29 is 14.6 Å². The van der Waals surface area contributed by atoms with Crippen molar-refractivity contribution in [3.8, 4) is 11.1 Å². The van der Waals surface area contributed by atoms with Gasteiger partial charge in [-0.15, -0.1) is 0 Å². The second kappa shape index (κ2) is 5.76. The molecule has 0 radical (unpaired) electrons. The summed E-state index contributed by atoms with van der Waals surface area (Å²) in [7, 11) is 1.35. The minimum Gasteiger partial charge on any atom is -0.465 e. The van der Waals surface area contributed by atoms with E-state index < -0.39 is 11.6 Å². The van der Waals surface area contributed by atoms with Crippen LogP contribution in [0.2, 0.25) is 0 Å². The molecule has 126 valence electrons. The molecule has 3 aromatic rings. The molecule has 0 bridgehead atoms. The summed E-state index contributed by atoms with van der Waals surface area (Å²) in [5.41, 5.74) is 3.03. The predicted molar refractivity (Wildman–Crippen MR) is 88.8 cm³/mol. The topological polar surface area (TPSA) is 81.6 Å². The molecule has 0 aromatic carbocycles. The first-order valence-electron chi connectivity index (χ1n) is 7.61. The Hall–Kier alpha value is -2.67. The highest BCUT2D eigenvalue weighted by atomic mass is 16.5. The summed E-state index contributed by atoms with van der Waals surface area (Å²) in [6.07, 6.45) is 5.24. The van der Waals surface area contributed by atoms with E-state index in [0.29, 0.717) is 17.6 Å². The van der Waals surface area contributed by atoms with Crippen LogP contribution in [0.25, 0.3) is 16.6 Å². The Morgan fingerprint density at radius 2 is 2.08 bits per heavy atom. The molecule has 0 saturated carbocycles. The molecule has 0 unspecified atom stereocenters. The molecule has 0 aliphatic rings. The van der Waals surface area contributed by atoms with E-state index >= 15 is 0 Å². The average molecular weight is 328 g/mol. The number of carbonyl (C=O) groups excluding carboxylic acids is 1. The van der Waals surface area contributed by atoms with Gasteiger partial charge in [0, 0.05) is 23.5 Å². The first kappa shape index (κ1) is 16.2. The lowest BCUT2D eigenvalue weighted by Gasteiger charge is -2.16. The summed E-state index contributed by atoms with van der Waals surface area (Å²) >= 11 is 0. The van der Waals surface area contributed by atoms with Crippen LogP contribution in [-0.4, -0.2) is 43.2 Å². The van der Waals surface area contributed by atoms with Gasteiger partial charge in [0.1, 0.15) is 5.56 Å². The number of esters is 1. The van der Waals surface area contributed by atoms with Crippen molar-refractivity contribution >= 4 is 11.5 Å². The molecule has 0 saturated heterocycles. The lowest BCUT2D eigenvalue weighted by molar-refractivity contribution is 0.0575. The third-order valence-corrected chi connectivity index (χ3v) is 3.73. The molecule has 1 N–H and O–H groups in total. The van der Waals surface area contributed by atoms with E-state index in [-0.39, 0.29) is 0 Å². The van der Waals surface area contributed by atoms with Gasteiger partial charge < -0.3 is 9.84 Å². The Morgan fingerprint density at radius 3 is 2.75 bits per heavy atom. The van der Waals surface area contributed by atoms with Crippen molar-refractivity contribution in [1.82, 2.24) is 19.4 Å². The number of ether oxygens (including phenoxy) is 1. The van der Waals surface area contributed by atoms with Gasteiger partial charge >= 0.3 is 5.97 Å². The van der Waals surface area contributed by atoms with Gasteiger partial charge in [-0.2, -0.15) is 10.2 Å². The zero-order valence-corrected chi connectivity index (χ0v) is 14.1. The monoisotopic (exact) mass is 328 g/mol. The van der Waals surface area contributed by atoms with Gasteiger partial charge in [0.2, 0.25) is 0 Å². The van der Waals surface area contributed by atoms with Crippen LogP contribution in [0.15, 0.2) is 30.7 Å². The zero-order valence-electron chi connectivity index (χ0n) is 14.1. The van der Waals surface area contributed by atoms with Crippen molar-refractivity contribution in [3.05, 3.63) is 42.0 Å². The van der Waals surface area contributed by atoms with E-state index in [4.69, 9.17) is 4.74 Å². The normalized spacial score (nSPS) is 11.9. The molecular weight excluding hydrogens is 308 g/mol. The highest BCUT2D eigenvalue weighted by Gasteiger charge is 2.17. The van der Waals surface area contributed by atoms with Crippen LogP contribution >= 0.6 is 0 Å². The molecule has 0 aliphatic heterocycles. The first-order chi connectivity index (χ1) is 11.3. The van der Waals surface area contributed by atoms with Gasteiger partial charge in [0.15, 0.2) is 0 Å². The summed E-state index contributed by atoms with van der Waals surface area (Å²) in [5, 5.41) is 18.6. The third-order valence-electron chi connectivity index (χ3n) is 3.73. The molecule has 0 amide bonds. The maximum Gasteiger partial charge on any atom is 0.341 e. The Balaban J connectivity index is 2.00. The number of fused-ring (bicyclic) bond motifs is 1. The number of aryl methyl sites for hydroxylation is 1. The Kier molecular flexibility index (Phi) is 3.88. The van der Waals surface area contributed by atoms with Gasteiger partial charge in [-0.05, 0) is 26.8 Å². The zero-order chi connectivity index (χ0) is 17.5. The van der Waals surface area contributed by atoms with Crippen LogP contribution in [0.1, 0.15) is 29.9 Å². The Labute approximate surface area is 139 Å². The molecule has 24 heavy (non-hydrogen) atoms. The lowest BCUT2D eigenvalue weighted by Crippen LogP contribution is -2.26. The molecule has 0 atom stereocenters. The number of nitrogens with zero attached hydrogens (tertiary/aromatic N) is 4. The van der Waals surface area contributed by atoms with Gasteiger partial charge in [-0.25, -0.2) is 9.31 Å². The van der Waals surface area contributed by atoms with Crippen molar-refractivity contribution in [1.29, 1.82) is 0 Å². The fourth-order valence-corrected chi connectivity index (χ4v) is 2.69. The number of hydrogen-bond donors (Lipinski definition) is 1. The quantitative estimate of drug-likeness (QED) is 0.741. The number of pyridine rings is 1. The third kappa shape index (κ3) is 3.03. The maximum absolute atomic E-state index is 11.7. The number of carbonyl (C=O) groups is 1. The molecule has 3 rings (SSSR count). The van der Waals surface area contributed by atoms with Crippen molar-refractivity contribution in [3.63, 3.8) is 0 Å². The van der Waals surface area contributed by atoms with Crippen LogP contribution in [0, 0.1) is 6.92 Å². The number of aliphatic hydroxyl groups is 1. The largest absolute Gasteiger partial charge is 0.465 e. The minimum atomic E-state index is -0.836. The molecule has 7 heteroatoms. The predicted octanol–water partition coefficient (Wildman–Crippen LogP) is 2.06. The van der Waals surface area contributed by atoms with Crippen molar-refractivity contribution in [2.24, 2.45) is 0 Å². The minimum absolute atomic E-state index is 0.407. The van der Waals surface area contributed by atoms with Gasteiger partial charge in [0.25, 0.3) is 0 Å². The van der Waals surface area contributed by atoms with E-state index in [2.05, 4.69) is 10.2 Å². The number of hydrogen-bond acceptors (Lipinski definition) is 5. The smallest absolute Gasteiger partial charge is 0.341 e. The molecule has 0 aliphatic carbocycles. The van der Waals surface area contributed by atoms with E-state index in [1.54, 1.807) is 23.0 Å². The summed E-state index contributed by atoms with van der Waals surface area (Å²) in [6, 6.07) is 3.75. The molecular formula is C17H20N4O3. The fourth-order valence-electron chi connectivity index (χ4n) is 2.69. The second-order valence-corrected chi connectivity index (χ2v) is 6.44. The molecule has 3 heterocycles. The van der Waals surface area contributed by atoms with Crippen molar-refractivity contribution in [2.45, 2.75) is 32.9 Å². The van der Waals surface area contributed by atoms with Crippen LogP contribution in [0.5, 0.6) is 0 Å². The van der Waals surface area contributed by atoms with Crippen LogP contribution < -0.4 is 0 Å². The van der Waals surface area contributed by atoms with Crippen LogP contribution in [0.4, 0.5) is 0 Å².